The molecule has 0 fully saturated rings. The Hall–Kier alpha value is -2.90. The molecular formula is C18H14F5N3. The molecule has 0 bridgehead atoms. The quantitative estimate of drug-likeness (QED) is 0.230. The summed E-state index contributed by atoms with van der Waals surface area (Å²) in [5, 5.41) is 4.53. The number of nitrogens with zero attached hydrogens (tertiary/aromatic N) is 2. The van der Waals surface area contributed by atoms with Gasteiger partial charge in [-0.05, 0) is 26.0 Å². The van der Waals surface area contributed by atoms with Crippen molar-refractivity contribution >= 4 is 22.8 Å². The van der Waals surface area contributed by atoms with Crippen molar-refractivity contribution in [3.05, 3.63) is 64.1 Å². The lowest BCUT2D eigenvalue weighted by Gasteiger charge is -2.07. The second-order valence-corrected chi connectivity index (χ2v) is 5.89. The lowest BCUT2D eigenvalue weighted by atomic mass is 10.1. The summed E-state index contributed by atoms with van der Waals surface area (Å²) < 4.78 is 68.7. The van der Waals surface area contributed by atoms with E-state index in [0.717, 1.165) is 22.2 Å². The van der Waals surface area contributed by atoms with Crippen molar-refractivity contribution in [3.8, 4) is 0 Å². The smallest absolute Gasteiger partial charge is 0.200 e. The fourth-order valence-electron chi connectivity index (χ4n) is 2.74. The Bertz CT molecular complexity index is 1020. The molecule has 0 atom stereocenters. The topological polar surface area (TPSA) is 29.3 Å². The predicted octanol–water partition coefficient (Wildman–Crippen LogP) is 4.94. The minimum absolute atomic E-state index is 0.669. The third-order valence-electron chi connectivity index (χ3n) is 4.28. The highest BCUT2D eigenvalue weighted by molar-refractivity contribution is 6.01. The number of hydrogen-bond donors (Lipinski definition) is 1. The van der Waals surface area contributed by atoms with Gasteiger partial charge in [-0.1, -0.05) is 11.6 Å². The summed E-state index contributed by atoms with van der Waals surface area (Å²) in [4.78, 5) is 0. The zero-order valence-electron chi connectivity index (χ0n) is 14.1. The number of anilines is 1. The largest absolute Gasteiger partial charge is 0.347 e. The van der Waals surface area contributed by atoms with Crippen LogP contribution in [0, 0.1) is 42.9 Å². The first-order valence-corrected chi connectivity index (χ1v) is 7.60. The normalized spacial score (nSPS) is 11.7. The first-order valence-electron chi connectivity index (χ1n) is 7.60. The molecule has 0 aliphatic rings. The molecule has 1 aromatic heterocycles. The monoisotopic (exact) mass is 367 g/mol. The van der Waals surface area contributed by atoms with Crippen molar-refractivity contribution in [2.45, 2.75) is 13.8 Å². The molecule has 0 saturated carbocycles. The molecule has 0 amide bonds. The van der Waals surface area contributed by atoms with Gasteiger partial charge in [0.15, 0.2) is 23.3 Å². The highest BCUT2D eigenvalue weighted by atomic mass is 19.2. The molecule has 3 nitrogen and oxygen atoms in total. The third kappa shape index (κ3) is 2.71. The van der Waals surface area contributed by atoms with Crippen molar-refractivity contribution in [3.63, 3.8) is 0 Å². The number of rotatable bonds is 3. The van der Waals surface area contributed by atoms with Crippen LogP contribution in [0.3, 0.4) is 0 Å². The van der Waals surface area contributed by atoms with Gasteiger partial charge < -0.3 is 4.57 Å². The minimum atomic E-state index is -2.21. The van der Waals surface area contributed by atoms with Gasteiger partial charge >= 0.3 is 0 Å². The maximum atomic E-state index is 13.7. The highest BCUT2D eigenvalue weighted by Gasteiger charge is 2.25. The fraction of sp³-hybridized carbons (Fsp3) is 0.167. The molecule has 0 spiro atoms. The summed E-state index contributed by atoms with van der Waals surface area (Å²) in [7, 11) is 1.85. The molecule has 0 radical (unpaired) electrons. The van der Waals surface area contributed by atoms with E-state index in [-0.39, 0.29) is 0 Å². The Morgan fingerprint density at radius 1 is 0.923 bits per heavy atom. The summed E-state index contributed by atoms with van der Waals surface area (Å²) in [6, 6.07) is 5.78. The van der Waals surface area contributed by atoms with Crippen molar-refractivity contribution < 1.29 is 22.0 Å². The number of aromatic nitrogens is 1. The van der Waals surface area contributed by atoms with Crippen LogP contribution in [0.25, 0.3) is 10.9 Å². The molecule has 0 aliphatic heterocycles. The summed E-state index contributed by atoms with van der Waals surface area (Å²) in [5.41, 5.74) is 4.14. The first kappa shape index (κ1) is 17.9. The maximum absolute atomic E-state index is 13.7. The van der Waals surface area contributed by atoms with Crippen LogP contribution in [0.15, 0.2) is 23.3 Å². The zero-order chi connectivity index (χ0) is 19.2. The second kappa shape index (κ2) is 6.44. The number of halogens is 5. The number of benzene rings is 2. The summed E-state index contributed by atoms with van der Waals surface area (Å²) in [6.45, 7) is 3.74. The van der Waals surface area contributed by atoms with E-state index in [1.54, 1.807) is 0 Å². The van der Waals surface area contributed by atoms with E-state index in [2.05, 4.69) is 5.10 Å². The number of fused-ring (bicyclic) bond motifs is 1. The van der Waals surface area contributed by atoms with Gasteiger partial charge in [-0.25, -0.2) is 22.0 Å². The fourth-order valence-corrected chi connectivity index (χ4v) is 2.74. The number of aryl methyl sites for hydroxylation is 2. The molecule has 3 aromatic rings. The highest BCUT2D eigenvalue weighted by Crippen LogP contribution is 2.28. The van der Waals surface area contributed by atoms with Crippen LogP contribution < -0.4 is 5.43 Å². The Labute approximate surface area is 145 Å². The Balaban J connectivity index is 2.02. The summed E-state index contributed by atoms with van der Waals surface area (Å²) >= 11 is 0. The minimum Gasteiger partial charge on any atom is -0.347 e. The number of nitrogens with one attached hydrogen (secondary N) is 1. The van der Waals surface area contributed by atoms with Crippen molar-refractivity contribution in [2.24, 2.45) is 12.1 Å². The molecule has 0 unspecified atom stereocenters. The molecular weight excluding hydrogens is 353 g/mol. The van der Waals surface area contributed by atoms with E-state index in [0.29, 0.717) is 5.56 Å². The van der Waals surface area contributed by atoms with Gasteiger partial charge in [0.2, 0.25) is 5.82 Å². The van der Waals surface area contributed by atoms with Crippen molar-refractivity contribution in [1.82, 2.24) is 4.57 Å². The molecule has 26 heavy (non-hydrogen) atoms. The van der Waals surface area contributed by atoms with Gasteiger partial charge in [-0.3, -0.25) is 5.43 Å². The van der Waals surface area contributed by atoms with Crippen LogP contribution in [0.5, 0.6) is 0 Å². The van der Waals surface area contributed by atoms with Crippen molar-refractivity contribution in [2.75, 3.05) is 5.43 Å². The second-order valence-electron chi connectivity index (χ2n) is 5.89. The number of hydrazone groups is 1. The lowest BCUT2D eigenvalue weighted by molar-refractivity contribution is 0.381. The molecule has 3 rings (SSSR count). The molecule has 0 saturated heterocycles. The Morgan fingerprint density at radius 2 is 1.50 bits per heavy atom. The third-order valence-corrected chi connectivity index (χ3v) is 4.28. The molecule has 1 N–H and O–H groups in total. The van der Waals surface area contributed by atoms with Crippen LogP contribution in [-0.2, 0) is 7.05 Å². The molecule has 0 aliphatic carbocycles. The molecule has 8 heteroatoms. The van der Waals surface area contributed by atoms with E-state index >= 15 is 0 Å². The van der Waals surface area contributed by atoms with E-state index in [4.69, 9.17) is 0 Å². The van der Waals surface area contributed by atoms with Crippen molar-refractivity contribution in [1.29, 1.82) is 0 Å². The van der Waals surface area contributed by atoms with Crippen LogP contribution >= 0.6 is 0 Å². The summed E-state index contributed by atoms with van der Waals surface area (Å²) in [6.07, 6.45) is 1.29. The van der Waals surface area contributed by atoms with Crippen LogP contribution in [-0.4, -0.2) is 10.8 Å². The van der Waals surface area contributed by atoms with Gasteiger partial charge in [0.25, 0.3) is 0 Å². The van der Waals surface area contributed by atoms with E-state index < -0.39 is 34.8 Å². The van der Waals surface area contributed by atoms with Gasteiger partial charge in [-0.15, -0.1) is 0 Å². The molecule has 136 valence electrons. The predicted molar refractivity (Wildman–Crippen MR) is 89.8 cm³/mol. The van der Waals surface area contributed by atoms with E-state index in [1.165, 1.54) is 6.21 Å². The van der Waals surface area contributed by atoms with Gasteiger partial charge in [-0.2, -0.15) is 5.10 Å². The van der Waals surface area contributed by atoms with Gasteiger partial charge in [0, 0.05) is 29.2 Å². The summed E-state index contributed by atoms with van der Waals surface area (Å²) in [5.74, 6) is -10.2. The van der Waals surface area contributed by atoms with E-state index in [1.807, 2.05) is 49.1 Å². The maximum Gasteiger partial charge on any atom is 0.200 e. The van der Waals surface area contributed by atoms with Crippen LogP contribution in [0.1, 0.15) is 16.8 Å². The average Bonchev–Trinajstić information content (AvgIpc) is 2.85. The Morgan fingerprint density at radius 3 is 2.12 bits per heavy atom. The Kier molecular flexibility index (Phi) is 4.43. The number of hydrogen-bond acceptors (Lipinski definition) is 2. The molecule has 1 heterocycles. The van der Waals surface area contributed by atoms with E-state index in [9.17, 15) is 22.0 Å². The van der Waals surface area contributed by atoms with Crippen LogP contribution in [0.2, 0.25) is 0 Å². The van der Waals surface area contributed by atoms with Gasteiger partial charge in [0.1, 0.15) is 5.69 Å². The first-order chi connectivity index (χ1) is 12.2. The molecule has 2 aromatic carbocycles. The SMILES string of the molecule is Cc1ccc2c(c1)c(/C=N/Nc1c(F)c(F)c(F)c(F)c1F)c(C)n2C. The average molecular weight is 367 g/mol. The lowest BCUT2D eigenvalue weighted by Crippen LogP contribution is -2.06. The standard InChI is InChI=1S/C18H14F5N3/c1-8-4-5-12-10(6-8)11(9(2)26(12)3)7-24-25-18-16(22)14(20)13(19)15(21)17(18)23/h4-7,25H,1-3H3/b24-7+. The zero-order valence-corrected chi connectivity index (χ0v) is 14.1. The van der Waals surface area contributed by atoms with Gasteiger partial charge in [0.05, 0.1) is 6.21 Å². The van der Waals surface area contributed by atoms with Crippen LogP contribution in [0.4, 0.5) is 27.6 Å².